The second-order valence-corrected chi connectivity index (χ2v) is 9.98. The molecule has 5 rings (SSSR count). The van der Waals surface area contributed by atoms with E-state index in [1.165, 1.54) is 5.56 Å². The van der Waals surface area contributed by atoms with E-state index in [4.69, 9.17) is 29.9 Å². The third-order valence-corrected chi connectivity index (χ3v) is 6.37. The molecule has 1 atom stereocenters. The fraction of sp³-hybridized carbons (Fsp3) is 0.345. The number of halogens is 6. The predicted molar refractivity (Wildman–Crippen MR) is 150 cm³/mol. The van der Waals surface area contributed by atoms with Gasteiger partial charge in [-0.2, -0.15) is 31.4 Å². The van der Waals surface area contributed by atoms with Crippen LogP contribution in [-0.2, 0) is 22.7 Å². The molecule has 1 fully saturated rings. The van der Waals surface area contributed by atoms with Crippen LogP contribution in [0.15, 0.2) is 66.9 Å². The number of piperidine rings is 1. The van der Waals surface area contributed by atoms with Gasteiger partial charge in [0.2, 0.25) is 0 Å². The van der Waals surface area contributed by atoms with Crippen LogP contribution in [0, 0.1) is 6.92 Å². The van der Waals surface area contributed by atoms with E-state index >= 15 is 0 Å². The van der Waals surface area contributed by atoms with Crippen LogP contribution in [0.1, 0.15) is 41.5 Å². The van der Waals surface area contributed by atoms with Crippen molar-refractivity contribution in [3.05, 3.63) is 89.6 Å². The molecule has 1 unspecified atom stereocenters. The van der Waals surface area contributed by atoms with E-state index in [9.17, 15) is 26.3 Å². The van der Waals surface area contributed by atoms with Gasteiger partial charge in [-0.3, -0.25) is 9.88 Å². The Bertz CT molecular complexity index is 1540. The number of likely N-dealkylation sites (tertiary alicyclic amines) is 1. The number of carboxylic acids is 2. The molecule has 0 aliphatic carbocycles. The van der Waals surface area contributed by atoms with E-state index < -0.39 is 24.3 Å². The standard InChI is InChI=1S/C25H28N6.2C2HF3O2/c1-19-7-5-11-23(27-19)17-30-14-6-10-21(16-30)25-28-24-13-12-22(18-31(24)29-25)26-15-20-8-3-2-4-9-20;2*3-2(4,5)1(6)7/h2-5,7-9,11-13,18,21,26H,6,10,14-17H2,1H3;2*(H,6,7). The Labute approximate surface area is 253 Å². The number of carbonyl (C=O) groups is 2. The highest BCUT2D eigenvalue weighted by atomic mass is 19.4. The van der Waals surface area contributed by atoms with Crippen molar-refractivity contribution < 1.29 is 46.1 Å². The molecule has 10 nitrogen and oxygen atoms in total. The first kappa shape index (κ1) is 34.8. The lowest BCUT2D eigenvalue weighted by atomic mass is 9.97. The topological polar surface area (TPSA) is 133 Å². The minimum atomic E-state index is -5.08. The molecule has 16 heteroatoms. The molecule has 1 saturated heterocycles. The summed E-state index contributed by atoms with van der Waals surface area (Å²) < 4.78 is 65.4. The average molecular weight is 641 g/mol. The Balaban J connectivity index is 0.000000331. The number of alkyl halides is 6. The van der Waals surface area contributed by atoms with Crippen LogP contribution in [0.3, 0.4) is 0 Å². The molecular weight excluding hydrogens is 610 g/mol. The maximum Gasteiger partial charge on any atom is 0.490 e. The molecule has 0 saturated carbocycles. The molecule has 1 aliphatic rings. The summed E-state index contributed by atoms with van der Waals surface area (Å²) >= 11 is 0. The number of benzene rings is 1. The van der Waals surface area contributed by atoms with E-state index in [1.807, 2.05) is 35.8 Å². The largest absolute Gasteiger partial charge is 0.490 e. The minimum Gasteiger partial charge on any atom is -0.475 e. The number of nitrogens with zero attached hydrogens (tertiary/aromatic N) is 5. The molecule has 45 heavy (non-hydrogen) atoms. The molecule has 1 aromatic carbocycles. The van der Waals surface area contributed by atoms with E-state index in [2.05, 4.69) is 57.7 Å². The second kappa shape index (κ2) is 15.3. The number of aromatic nitrogens is 4. The highest BCUT2D eigenvalue weighted by Crippen LogP contribution is 2.26. The first-order valence-electron chi connectivity index (χ1n) is 13.5. The van der Waals surface area contributed by atoms with Crippen LogP contribution in [-0.4, -0.2) is 72.1 Å². The summed E-state index contributed by atoms with van der Waals surface area (Å²) in [6.07, 6.45) is -5.84. The van der Waals surface area contributed by atoms with Gasteiger partial charge in [0.1, 0.15) is 0 Å². The Hall–Kier alpha value is -4.73. The van der Waals surface area contributed by atoms with E-state index in [-0.39, 0.29) is 0 Å². The summed E-state index contributed by atoms with van der Waals surface area (Å²) in [6.45, 7) is 5.81. The molecule has 1 aliphatic heterocycles. The zero-order valence-electron chi connectivity index (χ0n) is 23.9. The van der Waals surface area contributed by atoms with Crippen molar-refractivity contribution in [3.8, 4) is 0 Å². The fourth-order valence-corrected chi connectivity index (χ4v) is 4.30. The molecule has 0 amide bonds. The summed E-state index contributed by atoms with van der Waals surface area (Å²) in [5.41, 5.74) is 5.41. The summed E-state index contributed by atoms with van der Waals surface area (Å²) in [7, 11) is 0. The smallest absolute Gasteiger partial charge is 0.475 e. The highest BCUT2D eigenvalue weighted by molar-refractivity contribution is 5.73. The summed E-state index contributed by atoms with van der Waals surface area (Å²) in [5.74, 6) is -4.21. The van der Waals surface area contributed by atoms with Crippen molar-refractivity contribution in [2.75, 3.05) is 18.4 Å². The van der Waals surface area contributed by atoms with Crippen LogP contribution in [0.5, 0.6) is 0 Å². The van der Waals surface area contributed by atoms with Gasteiger partial charge in [-0.05, 0) is 56.1 Å². The number of nitrogens with one attached hydrogen (secondary N) is 1. The van der Waals surface area contributed by atoms with Gasteiger partial charge in [0.25, 0.3) is 0 Å². The molecule has 242 valence electrons. The zero-order valence-corrected chi connectivity index (χ0v) is 23.9. The predicted octanol–water partition coefficient (Wildman–Crippen LogP) is 5.69. The SMILES string of the molecule is Cc1cccc(CN2CCCC(c3nc4ccc(NCc5ccccc5)cn4n3)C2)n1.O=C(O)C(F)(F)F.O=C(O)C(F)(F)F. The number of rotatable bonds is 6. The van der Waals surface area contributed by atoms with Crippen molar-refractivity contribution in [1.82, 2.24) is 24.5 Å². The number of anilines is 1. The number of fused-ring (bicyclic) bond motifs is 1. The molecule has 3 N–H and O–H groups in total. The molecular formula is C29H30F6N6O4. The first-order chi connectivity index (χ1) is 21.1. The van der Waals surface area contributed by atoms with Gasteiger partial charge in [-0.25, -0.2) is 19.1 Å². The van der Waals surface area contributed by atoms with Gasteiger partial charge in [0.05, 0.1) is 17.6 Å². The monoisotopic (exact) mass is 640 g/mol. The number of hydrogen-bond donors (Lipinski definition) is 3. The van der Waals surface area contributed by atoms with Crippen LogP contribution in [0.25, 0.3) is 5.65 Å². The van der Waals surface area contributed by atoms with E-state index in [0.29, 0.717) is 5.92 Å². The van der Waals surface area contributed by atoms with Crippen LogP contribution in [0.2, 0.25) is 0 Å². The zero-order chi connectivity index (χ0) is 33.2. The Morgan fingerprint density at radius 3 is 2.16 bits per heavy atom. The Kier molecular flexibility index (Phi) is 11.8. The number of pyridine rings is 2. The van der Waals surface area contributed by atoms with Gasteiger partial charge >= 0.3 is 24.3 Å². The molecule has 0 spiro atoms. The van der Waals surface area contributed by atoms with Gasteiger partial charge in [0.15, 0.2) is 11.5 Å². The van der Waals surface area contributed by atoms with Gasteiger partial charge in [-0.1, -0.05) is 36.4 Å². The average Bonchev–Trinajstić information content (AvgIpc) is 3.40. The second-order valence-electron chi connectivity index (χ2n) is 9.98. The minimum absolute atomic E-state index is 0.360. The van der Waals surface area contributed by atoms with Crippen molar-refractivity contribution in [2.24, 2.45) is 0 Å². The van der Waals surface area contributed by atoms with Crippen LogP contribution >= 0.6 is 0 Å². The number of aliphatic carboxylic acids is 2. The lowest BCUT2D eigenvalue weighted by molar-refractivity contribution is -0.193. The third kappa shape index (κ3) is 11.4. The Morgan fingerprint density at radius 1 is 0.911 bits per heavy atom. The summed E-state index contributed by atoms with van der Waals surface area (Å²) in [5, 5.41) is 22.6. The van der Waals surface area contributed by atoms with E-state index in [0.717, 1.165) is 67.6 Å². The van der Waals surface area contributed by atoms with E-state index in [1.54, 1.807) is 0 Å². The van der Waals surface area contributed by atoms with Crippen LogP contribution < -0.4 is 5.32 Å². The quantitative estimate of drug-likeness (QED) is 0.227. The highest BCUT2D eigenvalue weighted by Gasteiger charge is 2.38. The molecule has 3 aromatic heterocycles. The summed E-state index contributed by atoms with van der Waals surface area (Å²) in [4.78, 5) is 29.8. The Morgan fingerprint density at radius 2 is 1.56 bits per heavy atom. The number of carboxylic acid groups (broad SMARTS) is 2. The van der Waals surface area contributed by atoms with Crippen LogP contribution in [0.4, 0.5) is 32.0 Å². The molecule has 4 aromatic rings. The number of aryl methyl sites for hydroxylation is 1. The lowest BCUT2D eigenvalue weighted by Crippen LogP contribution is -2.34. The first-order valence-corrected chi connectivity index (χ1v) is 13.5. The summed E-state index contributed by atoms with van der Waals surface area (Å²) in [6, 6.07) is 20.8. The maximum absolute atomic E-state index is 10.6. The van der Waals surface area contributed by atoms with Crippen molar-refractivity contribution in [1.29, 1.82) is 0 Å². The maximum atomic E-state index is 10.6. The molecule has 0 bridgehead atoms. The van der Waals surface area contributed by atoms with Crippen molar-refractivity contribution in [3.63, 3.8) is 0 Å². The van der Waals surface area contributed by atoms with Gasteiger partial charge < -0.3 is 15.5 Å². The molecule has 4 heterocycles. The van der Waals surface area contributed by atoms with Crippen molar-refractivity contribution >= 4 is 23.3 Å². The van der Waals surface area contributed by atoms with Crippen molar-refractivity contribution in [2.45, 2.75) is 51.1 Å². The van der Waals surface area contributed by atoms with Gasteiger partial charge in [-0.15, -0.1) is 0 Å². The lowest BCUT2D eigenvalue weighted by Gasteiger charge is -2.31. The fourth-order valence-electron chi connectivity index (χ4n) is 4.30. The van der Waals surface area contributed by atoms with Gasteiger partial charge in [0, 0.05) is 31.2 Å². The normalized spacial score (nSPS) is 15.3. The molecule has 0 radical (unpaired) electrons. The number of hydrogen-bond acceptors (Lipinski definition) is 7. The third-order valence-electron chi connectivity index (χ3n) is 6.37.